The Hall–Kier alpha value is -0.700. The Balaban J connectivity index is 2.83. The monoisotopic (exact) mass is 229 g/mol. The standard InChI is InChI=1S/C10H9Cl2NO/c1-5(14)8-6-3-2-4-7(11)9(6)13-10(8)12/h2-5,13-14H,1H3. The highest BCUT2D eigenvalue weighted by atomic mass is 35.5. The van der Waals surface area contributed by atoms with E-state index in [9.17, 15) is 5.11 Å². The van der Waals surface area contributed by atoms with Gasteiger partial charge in [0, 0.05) is 10.9 Å². The van der Waals surface area contributed by atoms with Crippen LogP contribution < -0.4 is 0 Å². The predicted octanol–water partition coefficient (Wildman–Crippen LogP) is 3.53. The Morgan fingerprint density at radius 2 is 2.07 bits per heavy atom. The molecule has 0 bridgehead atoms. The Morgan fingerprint density at radius 3 is 2.71 bits per heavy atom. The van der Waals surface area contributed by atoms with Gasteiger partial charge in [-0.15, -0.1) is 0 Å². The van der Waals surface area contributed by atoms with Crippen LogP contribution in [0.25, 0.3) is 10.9 Å². The molecule has 1 atom stereocenters. The number of rotatable bonds is 1. The van der Waals surface area contributed by atoms with Crippen LogP contribution in [0.2, 0.25) is 10.2 Å². The van der Waals surface area contributed by atoms with Crippen molar-refractivity contribution in [1.82, 2.24) is 4.98 Å². The van der Waals surface area contributed by atoms with Crippen LogP contribution in [0.15, 0.2) is 18.2 Å². The summed E-state index contributed by atoms with van der Waals surface area (Å²) in [5, 5.41) is 11.5. The molecule has 0 radical (unpaired) electrons. The molecule has 2 N–H and O–H groups in total. The maximum atomic E-state index is 9.53. The van der Waals surface area contributed by atoms with Crippen LogP contribution in [0.5, 0.6) is 0 Å². The van der Waals surface area contributed by atoms with Crippen LogP contribution >= 0.6 is 23.2 Å². The van der Waals surface area contributed by atoms with Crippen molar-refractivity contribution in [2.45, 2.75) is 13.0 Å². The smallest absolute Gasteiger partial charge is 0.113 e. The summed E-state index contributed by atoms with van der Waals surface area (Å²) in [5.74, 6) is 0. The molecule has 2 nitrogen and oxygen atoms in total. The summed E-state index contributed by atoms with van der Waals surface area (Å²) in [6, 6.07) is 5.49. The molecule has 0 aliphatic heterocycles. The third-order valence-electron chi connectivity index (χ3n) is 2.19. The Kier molecular flexibility index (Phi) is 2.43. The second-order valence-corrected chi connectivity index (χ2v) is 3.98. The molecule has 0 spiro atoms. The highest BCUT2D eigenvalue weighted by Crippen LogP contribution is 2.34. The number of aromatic amines is 1. The summed E-state index contributed by atoms with van der Waals surface area (Å²) in [7, 11) is 0. The lowest BCUT2D eigenvalue weighted by Crippen LogP contribution is -1.89. The molecule has 2 rings (SSSR count). The summed E-state index contributed by atoms with van der Waals surface area (Å²) in [6.45, 7) is 1.68. The van der Waals surface area contributed by atoms with Gasteiger partial charge in [-0.2, -0.15) is 0 Å². The largest absolute Gasteiger partial charge is 0.389 e. The first-order chi connectivity index (χ1) is 6.61. The van der Waals surface area contributed by atoms with E-state index < -0.39 is 6.10 Å². The highest BCUT2D eigenvalue weighted by Gasteiger charge is 2.15. The summed E-state index contributed by atoms with van der Waals surface area (Å²) in [5.41, 5.74) is 1.47. The van der Waals surface area contributed by atoms with E-state index in [1.54, 1.807) is 13.0 Å². The van der Waals surface area contributed by atoms with Gasteiger partial charge in [0.2, 0.25) is 0 Å². The van der Waals surface area contributed by atoms with Crippen molar-refractivity contribution in [3.05, 3.63) is 33.9 Å². The molecule has 0 saturated carbocycles. The number of aromatic nitrogens is 1. The number of hydrogen-bond donors (Lipinski definition) is 2. The first-order valence-corrected chi connectivity index (χ1v) is 5.00. The van der Waals surface area contributed by atoms with Gasteiger partial charge in [-0.3, -0.25) is 0 Å². The van der Waals surface area contributed by atoms with Crippen LogP contribution in [-0.4, -0.2) is 10.1 Å². The second-order valence-electron chi connectivity index (χ2n) is 3.19. The number of nitrogens with one attached hydrogen (secondary N) is 1. The zero-order valence-electron chi connectivity index (χ0n) is 7.51. The maximum absolute atomic E-state index is 9.53. The van der Waals surface area contributed by atoms with Gasteiger partial charge in [0.15, 0.2) is 0 Å². The number of fused-ring (bicyclic) bond motifs is 1. The van der Waals surface area contributed by atoms with Crippen LogP contribution in [0, 0.1) is 0 Å². The van der Waals surface area contributed by atoms with Crippen molar-refractivity contribution in [1.29, 1.82) is 0 Å². The summed E-state index contributed by atoms with van der Waals surface area (Å²) in [4.78, 5) is 2.95. The highest BCUT2D eigenvalue weighted by molar-refractivity contribution is 6.37. The maximum Gasteiger partial charge on any atom is 0.113 e. The molecule has 4 heteroatoms. The van der Waals surface area contributed by atoms with Crippen molar-refractivity contribution in [2.75, 3.05) is 0 Å². The molecule has 0 aliphatic carbocycles. The molecular weight excluding hydrogens is 221 g/mol. The minimum atomic E-state index is -0.602. The average molecular weight is 230 g/mol. The predicted molar refractivity (Wildman–Crippen MR) is 59.0 cm³/mol. The van der Waals surface area contributed by atoms with Gasteiger partial charge in [-0.1, -0.05) is 35.3 Å². The minimum Gasteiger partial charge on any atom is -0.389 e. The topological polar surface area (TPSA) is 36.0 Å². The molecule has 0 fully saturated rings. The average Bonchev–Trinajstić information content (AvgIpc) is 2.42. The van der Waals surface area contributed by atoms with Gasteiger partial charge in [0.05, 0.1) is 16.6 Å². The van der Waals surface area contributed by atoms with Crippen molar-refractivity contribution >= 4 is 34.1 Å². The lowest BCUT2D eigenvalue weighted by atomic mass is 10.1. The normalized spacial score (nSPS) is 13.4. The fraction of sp³-hybridized carbons (Fsp3) is 0.200. The Bertz CT molecular complexity index is 476. The SMILES string of the molecule is CC(O)c1c(Cl)[nH]c2c(Cl)cccc12. The third kappa shape index (κ3) is 1.40. The molecule has 0 amide bonds. The molecule has 1 aromatic heterocycles. The van der Waals surface area contributed by atoms with Crippen LogP contribution in [0.3, 0.4) is 0 Å². The zero-order chi connectivity index (χ0) is 10.3. The van der Waals surface area contributed by atoms with Crippen LogP contribution in [-0.2, 0) is 0 Å². The van der Waals surface area contributed by atoms with Gasteiger partial charge < -0.3 is 10.1 Å². The Morgan fingerprint density at radius 1 is 1.36 bits per heavy atom. The van der Waals surface area contributed by atoms with Crippen molar-refractivity contribution < 1.29 is 5.11 Å². The molecule has 1 unspecified atom stereocenters. The lowest BCUT2D eigenvalue weighted by Gasteiger charge is -2.02. The van der Waals surface area contributed by atoms with Gasteiger partial charge in [0.25, 0.3) is 0 Å². The zero-order valence-corrected chi connectivity index (χ0v) is 9.02. The number of aliphatic hydroxyl groups is 1. The van der Waals surface area contributed by atoms with Crippen molar-refractivity contribution in [3.63, 3.8) is 0 Å². The van der Waals surface area contributed by atoms with E-state index in [2.05, 4.69) is 4.98 Å². The van der Waals surface area contributed by atoms with Crippen molar-refractivity contribution in [2.24, 2.45) is 0 Å². The first-order valence-electron chi connectivity index (χ1n) is 4.25. The van der Waals surface area contributed by atoms with Gasteiger partial charge in [-0.05, 0) is 13.0 Å². The molecule has 14 heavy (non-hydrogen) atoms. The molecule has 0 saturated heterocycles. The van der Waals surface area contributed by atoms with E-state index >= 15 is 0 Å². The van der Waals surface area contributed by atoms with Gasteiger partial charge >= 0.3 is 0 Å². The summed E-state index contributed by atoms with van der Waals surface area (Å²) >= 11 is 11.9. The molecular formula is C10H9Cl2NO. The first kappa shape index (κ1) is 9.84. The van der Waals surface area contributed by atoms with E-state index in [1.807, 2.05) is 12.1 Å². The summed E-state index contributed by atoms with van der Waals surface area (Å²) in [6.07, 6.45) is -0.602. The van der Waals surface area contributed by atoms with Crippen molar-refractivity contribution in [3.8, 4) is 0 Å². The molecule has 2 aromatic rings. The lowest BCUT2D eigenvalue weighted by molar-refractivity contribution is 0.201. The third-order valence-corrected chi connectivity index (χ3v) is 2.81. The van der Waals surface area contributed by atoms with Gasteiger partial charge in [0.1, 0.15) is 5.15 Å². The van der Waals surface area contributed by atoms with Crippen LogP contribution in [0.4, 0.5) is 0 Å². The summed E-state index contributed by atoms with van der Waals surface area (Å²) < 4.78 is 0. The number of para-hydroxylation sites is 1. The molecule has 74 valence electrons. The fourth-order valence-corrected chi connectivity index (χ4v) is 2.16. The minimum absolute atomic E-state index is 0.447. The van der Waals surface area contributed by atoms with Gasteiger partial charge in [-0.25, -0.2) is 0 Å². The van der Waals surface area contributed by atoms with Crippen LogP contribution in [0.1, 0.15) is 18.6 Å². The Labute approximate surface area is 91.5 Å². The number of hydrogen-bond acceptors (Lipinski definition) is 1. The molecule has 1 heterocycles. The number of H-pyrrole nitrogens is 1. The molecule has 1 aromatic carbocycles. The quantitative estimate of drug-likeness (QED) is 0.772. The van der Waals surface area contributed by atoms with E-state index in [4.69, 9.17) is 23.2 Å². The molecule has 0 aliphatic rings. The van der Waals surface area contributed by atoms with E-state index in [0.717, 1.165) is 10.9 Å². The van der Waals surface area contributed by atoms with E-state index in [1.165, 1.54) is 0 Å². The fourth-order valence-electron chi connectivity index (χ4n) is 1.58. The number of halogens is 2. The van der Waals surface area contributed by atoms with E-state index in [0.29, 0.717) is 15.7 Å². The van der Waals surface area contributed by atoms with E-state index in [-0.39, 0.29) is 0 Å². The second kappa shape index (κ2) is 3.46. The number of benzene rings is 1. The number of aliphatic hydroxyl groups excluding tert-OH is 1.